The monoisotopic (exact) mass is 917 g/mol. The fraction of sp³-hybridized carbons (Fsp3) is 0.444. The number of nitrogens with two attached hydrogens (primary N) is 1. The first kappa shape index (κ1) is 50.2. The number of esters is 2. The van der Waals surface area contributed by atoms with Crippen molar-refractivity contribution in [2.75, 3.05) is 25.6 Å². The lowest BCUT2D eigenvalue weighted by Crippen LogP contribution is -2.66. The molecule has 2 heterocycles. The molecule has 4 amide bonds. The summed E-state index contributed by atoms with van der Waals surface area (Å²) in [5.74, 6) is -4.92. The molecule has 1 aromatic heterocycles. The minimum absolute atomic E-state index is 0.0140. The molecule has 1 aliphatic heterocycles. The maximum absolute atomic E-state index is 13.7. The molecule has 3 aromatic carbocycles. The number of aromatic nitrogens is 1. The third-order valence-corrected chi connectivity index (χ3v) is 10.7. The fourth-order valence-electron chi connectivity index (χ4n) is 7.31. The SMILES string of the molecule is COC(=O)CC[C@@H](NC(=O)[C@@H](NC(=O)C(C)O[C@H]1[C@H](O)[C@@H](COC(=O)CCNc2c3ccccc3nc3cccc([N+](=O)[O-])c23)O[C@H](OCc2ccccc2)[C@@H]1NC(C)=O)C(C)C)C(N)=O. The van der Waals surface area contributed by atoms with Gasteiger partial charge in [-0.3, -0.25) is 38.9 Å². The van der Waals surface area contributed by atoms with Crippen LogP contribution in [0, 0.1) is 16.0 Å². The summed E-state index contributed by atoms with van der Waals surface area (Å²) in [5, 5.41) is 35.6. The molecule has 1 aliphatic rings. The molecule has 7 N–H and O–H groups in total. The summed E-state index contributed by atoms with van der Waals surface area (Å²) in [4.78, 5) is 92.8. The Hall–Kier alpha value is -6.81. The first-order valence-electron chi connectivity index (χ1n) is 21.2. The molecule has 1 saturated heterocycles. The summed E-state index contributed by atoms with van der Waals surface area (Å²) >= 11 is 0. The van der Waals surface area contributed by atoms with Gasteiger partial charge in [0.1, 0.15) is 54.5 Å². The molecular formula is C45H55N7O14. The third-order valence-electron chi connectivity index (χ3n) is 10.7. The van der Waals surface area contributed by atoms with Gasteiger partial charge in [0.25, 0.3) is 5.69 Å². The van der Waals surface area contributed by atoms with Crippen LogP contribution in [0.2, 0.25) is 0 Å². The first-order chi connectivity index (χ1) is 31.5. The summed E-state index contributed by atoms with van der Waals surface area (Å²) in [6.07, 6.45) is -7.71. The summed E-state index contributed by atoms with van der Waals surface area (Å²) in [7, 11) is 1.17. The molecule has 4 aromatic rings. The number of non-ortho nitro benzene ring substituents is 1. The van der Waals surface area contributed by atoms with Crippen molar-refractivity contribution in [2.24, 2.45) is 11.7 Å². The number of methoxy groups -OCH3 is 1. The molecule has 0 aliphatic carbocycles. The van der Waals surface area contributed by atoms with Crippen LogP contribution in [-0.2, 0) is 59.1 Å². The number of fused-ring (bicyclic) bond motifs is 2. The van der Waals surface area contributed by atoms with Gasteiger partial charge in [0.05, 0.1) is 41.8 Å². The number of hydrogen-bond acceptors (Lipinski definition) is 16. The highest BCUT2D eigenvalue weighted by Crippen LogP contribution is 2.36. The number of nitro groups is 1. The normalized spacial score (nSPS) is 19.5. The number of amides is 4. The Morgan fingerprint density at radius 1 is 0.909 bits per heavy atom. The zero-order valence-corrected chi connectivity index (χ0v) is 37.1. The minimum Gasteiger partial charge on any atom is -0.469 e. The summed E-state index contributed by atoms with van der Waals surface area (Å²) in [5.41, 5.74) is 7.41. The van der Waals surface area contributed by atoms with Gasteiger partial charge in [-0.1, -0.05) is 68.4 Å². The number of rotatable bonds is 22. The number of pyridine rings is 1. The predicted octanol–water partition coefficient (Wildman–Crippen LogP) is 2.29. The van der Waals surface area contributed by atoms with Crippen molar-refractivity contribution in [3.05, 3.63) is 88.5 Å². The van der Waals surface area contributed by atoms with E-state index in [1.807, 2.05) is 6.07 Å². The predicted molar refractivity (Wildman–Crippen MR) is 237 cm³/mol. The van der Waals surface area contributed by atoms with Crippen molar-refractivity contribution in [2.45, 2.75) is 102 Å². The number of nitrogens with one attached hydrogen (secondary N) is 4. The Morgan fingerprint density at radius 3 is 2.27 bits per heavy atom. The summed E-state index contributed by atoms with van der Waals surface area (Å²) in [6.45, 7) is 5.30. The van der Waals surface area contributed by atoms with Gasteiger partial charge in [-0.2, -0.15) is 0 Å². The average Bonchev–Trinajstić information content (AvgIpc) is 3.29. The molecule has 354 valence electrons. The number of ether oxygens (including phenoxy) is 5. The van der Waals surface area contributed by atoms with Crippen LogP contribution in [0.3, 0.4) is 0 Å². The smallest absolute Gasteiger partial charge is 0.307 e. The van der Waals surface area contributed by atoms with E-state index in [1.165, 1.54) is 33.1 Å². The van der Waals surface area contributed by atoms with E-state index in [1.54, 1.807) is 68.4 Å². The van der Waals surface area contributed by atoms with Gasteiger partial charge in [0, 0.05) is 31.3 Å². The first-order valence-corrected chi connectivity index (χ1v) is 21.2. The summed E-state index contributed by atoms with van der Waals surface area (Å²) < 4.78 is 28.6. The fourth-order valence-corrected chi connectivity index (χ4v) is 7.31. The van der Waals surface area contributed by atoms with E-state index in [0.717, 1.165) is 5.56 Å². The molecule has 66 heavy (non-hydrogen) atoms. The van der Waals surface area contributed by atoms with E-state index < -0.39 is 102 Å². The van der Waals surface area contributed by atoms with Gasteiger partial charge in [0.2, 0.25) is 23.6 Å². The van der Waals surface area contributed by atoms with Crippen molar-refractivity contribution in [3.63, 3.8) is 0 Å². The van der Waals surface area contributed by atoms with Crippen molar-refractivity contribution < 1.29 is 62.5 Å². The van der Waals surface area contributed by atoms with Crippen LogP contribution in [0.15, 0.2) is 72.8 Å². The second-order valence-corrected chi connectivity index (χ2v) is 15.9. The Bertz CT molecular complexity index is 2380. The molecule has 8 atom stereocenters. The van der Waals surface area contributed by atoms with Crippen molar-refractivity contribution in [3.8, 4) is 0 Å². The number of aliphatic hydroxyl groups excluding tert-OH is 1. The second-order valence-electron chi connectivity index (χ2n) is 15.9. The highest BCUT2D eigenvalue weighted by atomic mass is 16.7. The van der Waals surface area contributed by atoms with Crippen LogP contribution < -0.4 is 27.0 Å². The van der Waals surface area contributed by atoms with E-state index >= 15 is 0 Å². The molecule has 1 fully saturated rings. The van der Waals surface area contributed by atoms with Gasteiger partial charge < -0.3 is 55.8 Å². The number of nitrogens with zero attached hydrogens (tertiary/aromatic N) is 2. The molecule has 1 unspecified atom stereocenters. The highest BCUT2D eigenvalue weighted by molar-refractivity contribution is 6.11. The van der Waals surface area contributed by atoms with Gasteiger partial charge in [-0.05, 0) is 37.0 Å². The maximum Gasteiger partial charge on any atom is 0.307 e. The number of aliphatic hydroxyl groups is 1. The number of carbonyl (C=O) groups excluding carboxylic acids is 6. The number of primary amides is 1. The third kappa shape index (κ3) is 13.1. The lowest BCUT2D eigenvalue weighted by Gasteiger charge is -2.45. The number of anilines is 1. The van der Waals surface area contributed by atoms with Crippen molar-refractivity contribution in [1.29, 1.82) is 0 Å². The molecule has 0 radical (unpaired) electrons. The van der Waals surface area contributed by atoms with Gasteiger partial charge in [0.15, 0.2) is 6.29 Å². The maximum atomic E-state index is 13.7. The molecule has 21 nitrogen and oxygen atoms in total. The van der Waals surface area contributed by atoms with Crippen molar-refractivity contribution >= 4 is 68.7 Å². The van der Waals surface area contributed by atoms with E-state index in [0.29, 0.717) is 22.1 Å². The van der Waals surface area contributed by atoms with Gasteiger partial charge in [-0.15, -0.1) is 0 Å². The molecule has 21 heteroatoms. The molecule has 0 bridgehead atoms. The lowest BCUT2D eigenvalue weighted by atomic mass is 9.96. The molecule has 0 saturated carbocycles. The summed E-state index contributed by atoms with van der Waals surface area (Å²) in [6, 6.07) is 16.9. The molecule has 0 spiro atoms. The van der Waals surface area contributed by atoms with Crippen LogP contribution in [0.25, 0.3) is 21.8 Å². The van der Waals surface area contributed by atoms with Crippen LogP contribution >= 0.6 is 0 Å². The van der Waals surface area contributed by atoms with Crippen LogP contribution in [0.5, 0.6) is 0 Å². The Kier molecular flexibility index (Phi) is 17.8. The van der Waals surface area contributed by atoms with Crippen LogP contribution in [-0.4, -0.2) is 120 Å². The van der Waals surface area contributed by atoms with Crippen LogP contribution in [0.1, 0.15) is 52.5 Å². The van der Waals surface area contributed by atoms with E-state index in [2.05, 4.69) is 31.0 Å². The number of benzene rings is 3. The minimum atomic E-state index is -1.65. The zero-order chi connectivity index (χ0) is 48.1. The number of carbonyl (C=O) groups is 6. The highest BCUT2D eigenvalue weighted by Gasteiger charge is 2.49. The van der Waals surface area contributed by atoms with E-state index in [9.17, 15) is 44.0 Å². The Balaban J connectivity index is 1.31. The van der Waals surface area contributed by atoms with E-state index in [-0.39, 0.29) is 43.5 Å². The van der Waals surface area contributed by atoms with Gasteiger partial charge in [-0.25, -0.2) is 4.98 Å². The topological polar surface area (TPSA) is 299 Å². The number of hydrogen-bond donors (Lipinski definition) is 6. The Morgan fingerprint density at radius 2 is 1.61 bits per heavy atom. The average molecular weight is 918 g/mol. The van der Waals surface area contributed by atoms with Gasteiger partial charge >= 0.3 is 11.9 Å². The molecule has 5 rings (SSSR count). The largest absolute Gasteiger partial charge is 0.469 e. The Labute approximate surface area is 379 Å². The quantitative estimate of drug-likeness (QED) is 0.0285. The molecular weight excluding hydrogens is 863 g/mol. The standard InChI is InChI=1S/C45H55N7O14/c1-24(2)37(44(59)50-31(42(46)57)18-19-34(54)62-5)51-43(58)25(3)65-41-39(48-26(4)53)45(64-22-27-12-7-6-8-13-27)66-33(40(41)56)23-63-35(55)20-21-47-38-28-14-9-10-15-29(28)49-30-16-11-17-32(36(30)38)52(60)61/h6-17,24-25,31,33,37,39-41,45,56H,18-23H2,1-5H3,(H2,46,57)(H,47,49)(H,48,53)(H,50,59)(H,51,58)/t25?,31-,33-,37+,39-,40-,41-,45+/m1/s1. The lowest BCUT2D eigenvalue weighted by molar-refractivity contribution is -0.383. The number of nitro benzene ring substituents is 1. The van der Waals surface area contributed by atoms with Crippen LogP contribution in [0.4, 0.5) is 11.4 Å². The van der Waals surface area contributed by atoms with Crippen molar-refractivity contribution in [1.82, 2.24) is 20.9 Å². The van der Waals surface area contributed by atoms with E-state index in [4.69, 9.17) is 24.7 Å². The number of para-hydroxylation sites is 1. The zero-order valence-electron chi connectivity index (χ0n) is 37.1. The second kappa shape index (κ2) is 23.4.